The Morgan fingerprint density at radius 2 is 1.24 bits per heavy atom. The standard InChI is InChI=1S/C30H49NO10/c1-16(27(2,3)4)14-18(32)31-19-21(40-25(35)30(11,12)13)20(39-24(34)29(8,9)10)17(38-22(19)41-26(31)36)15-37-23(33)28(5,6)7/h16-17,19-22H,14-15H2,1-13H3/t16?,17-,19-,20-,21-,22-/m1/s1. The number of nitrogens with zero attached hydrogens (tertiary/aromatic N) is 1. The van der Waals surface area contributed by atoms with E-state index in [1.54, 1.807) is 62.3 Å². The number of imide groups is 1. The molecule has 0 spiro atoms. The van der Waals surface area contributed by atoms with Gasteiger partial charge in [-0.15, -0.1) is 0 Å². The molecule has 234 valence electrons. The number of hydrogen-bond donors (Lipinski definition) is 0. The van der Waals surface area contributed by atoms with Crippen LogP contribution in [0.3, 0.4) is 0 Å². The summed E-state index contributed by atoms with van der Waals surface area (Å²) in [5.41, 5.74) is -2.99. The van der Waals surface area contributed by atoms with E-state index in [1.165, 1.54) is 0 Å². The Balaban J connectivity index is 2.59. The number of carbonyl (C=O) groups excluding carboxylic acids is 5. The molecule has 6 atom stereocenters. The Morgan fingerprint density at radius 1 is 0.780 bits per heavy atom. The van der Waals surface area contributed by atoms with Gasteiger partial charge in [0.25, 0.3) is 0 Å². The summed E-state index contributed by atoms with van der Waals surface area (Å²) in [6.45, 7) is 22.4. The molecule has 2 aliphatic heterocycles. The Hall–Kier alpha value is -2.69. The fourth-order valence-electron chi connectivity index (χ4n) is 3.86. The number of carbonyl (C=O) groups is 5. The SMILES string of the molecule is CC(CC(=O)N1C(=O)O[C@H]2O[C@H](COC(=O)C(C)(C)C)[C@@H](OC(=O)C(C)(C)C)[C@H](OC(=O)C(C)(C)C)[C@H]21)C(C)(C)C. The first kappa shape index (κ1) is 34.5. The molecule has 2 amide bonds. The molecule has 2 saturated heterocycles. The van der Waals surface area contributed by atoms with Gasteiger partial charge in [-0.05, 0) is 73.6 Å². The van der Waals surface area contributed by atoms with E-state index in [0.29, 0.717) is 0 Å². The van der Waals surface area contributed by atoms with E-state index in [9.17, 15) is 24.0 Å². The van der Waals surface area contributed by atoms with Crippen LogP contribution in [0.15, 0.2) is 0 Å². The van der Waals surface area contributed by atoms with Gasteiger partial charge in [0, 0.05) is 6.42 Å². The lowest BCUT2D eigenvalue weighted by Gasteiger charge is -2.44. The number of esters is 3. The van der Waals surface area contributed by atoms with Gasteiger partial charge in [-0.1, -0.05) is 27.7 Å². The van der Waals surface area contributed by atoms with Crippen molar-refractivity contribution in [3.05, 3.63) is 0 Å². The topological polar surface area (TPSA) is 135 Å². The van der Waals surface area contributed by atoms with E-state index in [4.69, 9.17) is 23.7 Å². The van der Waals surface area contributed by atoms with Gasteiger partial charge in [0.2, 0.25) is 12.2 Å². The van der Waals surface area contributed by atoms with Crippen LogP contribution in [0.1, 0.15) is 96.4 Å². The van der Waals surface area contributed by atoms with Gasteiger partial charge in [-0.3, -0.25) is 19.2 Å². The quantitative estimate of drug-likeness (QED) is 0.321. The summed E-state index contributed by atoms with van der Waals surface area (Å²) in [4.78, 5) is 66.5. The van der Waals surface area contributed by atoms with E-state index < -0.39 is 76.8 Å². The average Bonchev–Trinajstić information content (AvgIpc) is 3.11. The van der Waals surface area contributed by atoms with Crippen molar-refractivity contribution in [2.75, 3.05) is 6.61 Å². The molecule has 0 aliphatic carbocycles. The van der Waals surface area contributed by atoms with E-state index in [-0.39, 0.29) is 24.4 Å². The van der Waals surface area contributed by atoms with Crippen LogP contribution in [-0.4, -0.2) is 72.1 Å². The highest BCUT2D eigenvalue weighted by molar-refractivity contribution is 5.94. The van der Waals surface area contributed by atoms with Crippen LogP contribution in [0.2, 0.25) is 0 Å². The van der Waals surface area contributed by atoms with Crippen molar-refractivity contribution in [1.82, 2.24) is 4.90 Å². The number of ether oxygens (including phenoxy) is 5. The van der Waals surface area contributed by atoms with Crippen molar-refractivity contribution in [3.63, 3.8) is 0 Å². The van der Waals surface area contributed by atoms with Crippen molar-refractivity contribution in [2.45, 2.75) is 127 Å². The molecule has 2 aliphatic rings. The van der Waals surface area contributed by atoms with Crippen molar-refractivity contribution in [2.24, 2.45) is 27.6 Å². The molecule has 0 aromatic carbocycles. The third-order valence-electron chi connectivity index (χ3n) is 7.26. The number of amides is 2. The van der Waals surface area contributed by atoms with Crippen molar-refractivity contribution in [1.29, 1.82) is 0 Å². The zero-order valence-electron chi connectivity index (χ0n) is 26.9. The number of hydrogen-bond acceptors (Lipinski definition) is 10. The summed E-state index contributed by atoms with van der Waals surface area (Å²) >= 11 is 0. The summed E-state index contributed by atoms with van der Waals surface area (Å²) in [6.07, 6.45) is -6.14. The highest BCUT2D eigenvalue weighted by Crippen LogP contribution is 2.39. The molecular weight excluding hydrogens is 534 g/mol. The van der Waals surface area contributed by atoms with E-state index in [2.05, 4.69) is 0 Å². The second-order valence-electron chi connectivity index (χ2n) is 15.2. The van der Waals surface area contributed by atoms with Crippen molar-refractivity contribution in [3.8, 4) is 0 Å². The normalized spacial score (nSPS) is 26.0. The lowest BCUT2D eigenvalue weighted by atomic mass is 9.80. The first-order valence-electron chi connectivity index (χ1n) is 14.1. The second-order valence-corrected chi connectivity index (χ2v) is 15.2. The van der Waals surface area contributed by atoms with Gasteiger partial charge in [0.1, 0.15) is 18.8 Å². The Kier molecular flexibility index (Phi) is 10.0. The van der Waals surface area contributed by atoms with Gasteiger partial charge in [0.15, 0.2) is 12.2 Å². The molecule has 0 aromatic heterocycles. The van der Waals surface area contributed by atoms with Crippen LogP contribution >= 0.6 is 0 Å². The molecule has 1 unspecified atom stereocenters. The monoisotopic (exact) mass is 583 g/mol. The third kappa shape index (κ3) is 8.42. The Bertz CT molecular complexity index is 1020. The molecule has 2 fully saturated rings. The van der Waals surface area contributed by atoms with Crippen LogP contribution in [0.5, 0.6) is 0 Å². The van der Waals surface area contributed by atoms with E-state index in [1.807, 2.05) is 27.7 Å². The molecule has 11 nitrogen and oxygen atoms in total. The summed E-state index contributed by atoms with van der Waals surface area (Å²) in [5.74, 6) is -2.48. The van der Waals surface area contributed by atoms with Crippen LogP contribution in [0.4, 0.5) is 4.79 Å². The largest absolute Gasteiger partial charge is 0.462 e. The first-order valence-corrected chi connectivity index (χ1v) is 14.1. The maximum atomic E-state index is 13.5. The van der Waals surface area contributed by atoms with Crippen molar-refractivity contribution < 1.29 is 47.7 Å². The summed E-state index contributed by atoms with van der Waals surface area (Å²) in [6, 6.07) is -1.24. The van der Waals surface area contributed by atoms with Gasteiger partial charge in [-0.25, -0.2) is 9.69 Å². The van der Waals surface area contributed by atoms with Crippen LogP contribution < -0.4 is 0 Å². The first-order chi connectivity index (χ1) is 18.4. The van der Waals surface area contributed by atoms with Gasteiger partial charge in [0.05, 0.1) is 16.2 Å². The van der Waals surface area contributed by atoms with Crippen LogP contribution in [0, 0.1) is 27.6 Å². The predicted octanol–water partition coefficient (Wildman–Crippen LogP) is 4.64. The minimum absolute atomic E-state index is 0.0147. The second kappa shape index (κ2) is 11.9. The zero-order chi connectivity index (χ0) is 31.9. The molecule has 0 bridgehead atoms. The minimum atomic E-state index is -1.36. The summed E-state index contributed by atoms with van der Waals surface area (Å²) in [7, 11) is 0. The molecule has 2 heterocycles. The maximum absolute atomic E-state index is 13.5. The fourth-order valence-corrected chi connectivity index (χ4v) is 3.86. The lowest BCUT2D eigenvalue weighted by molar-refractivity contribution is -0.259. The Labute approximate surface area is 243 Å². The van der Waals surface area contributed by atoms with Gasteiger partial charge in [-0.2, -0.15) is 0 Å². The fraction of sp³-hybridized carbons (Fsp3) is 0.833. The zero-order valence-corrected chi connectivity index (χ0v) is 26.9. The highest BCUT2D eigenvalue weighted by atomic mass is 16.7. The lowest BCUT2D eigenvalue weighted by Crippen LogP contribution is -2.65. The Morgan fingerprint density at radius 3 is 1.68 bits per heavy atom. The third-order valence-corrected chi connectivity index (χ3v) is 7.26. The maximum Gasteiger partial charge on any atom is 0.419 e. The van der Waals surface area contributed by atoms with Crippen LogP contribution in [0.25, 0.3) is 0 Å². The molecule has 0 aromatic rings. The molecule has 0 saturated carbocycles. The molecule has 0 radical (unpaired) electrons. The van der Waals surface area contributed by atoms with E-state index in [0.717, 1.165) is 4.90 Å². The summed E-state index contributed by atoms with van der Waals surface area (Å²) < 4.78 is 28.8. The van der Waals surface area contributed by atoms with Crippen LogP contribution in [-0.2, 0) is 42.9 Å². The molecule has 41 heavy (non-hydrogen) atoms. The average molecular weight is 584 g/mol. The molecule has 0 N–H and O–H groups in total. The van der Waals surface area contributed by atoms with Gasteiger partial charge >= 0.3 is 24.0 Å². The molecule has 2 rings (SSSR count). The summed E-state index contributed by atoms with van der Waals surface area (Å²) in [5, 5.41) is 0. The highest BCUT2D eigenvalue weighted by Gasteiger charge is 2.61. The minimum Gasteiger partial charge on any atom is -0.462 e. The van der Waals surface area contributed by atoms with Gasteiger partial charge < -0.3 is 23.7 Å². The predicted molar refractivity (Wildman–Crippen MR) is 148 cm³/mol. The van der Waals surface area contributed by atoms with E-state index >= 15 is 0 Å². The molecule has 11 heteroatoms. The number of fused-ring (bicyclic) bond motifs is 1. The smallest absolute Gasteiger partial charge is 0.419 e. The molecular formula is C30H49NO10. The number of rotatable bonds is 6. The van der Waals surface area contributed by atoms with Crippen molar-refractivity contribution >= 4 is 29.9 Å².